The lowest BCUT2D eigenvalue weighted by Gasteiger charge is -2.10. The van der Waals surface area contributed by atoms with Gasteiger partial charge in [0, 0.05) is 5.92 Å². The molecule has 4 nitrogen and oxygen atoms in total. The van der Waals surface area contributed by atoms with Gasteiger partial charge in [-0.05, 0) is 19.8 Å². The van der Waals surface area contributed by atoms with Crippen LogP contribution in [0, 0.1) is 6.92 Å². The van der Waals surface area contributed by atoms with E-state index < -0.39 is 5.97 Å². The summed E-state index contributed by atoms with van der Waals surface area (Å²) in [6, 6.07) is 0. The SMILES string of the molecule is Cc1oc(C(=O)O)nc1C1CCCCCC1. The Bertz CT molecular complexity index is 376. The Morgan fingerprint density at radius 1 is 1.31 bits per heavy atom. The summed E-state index contributed by atoms with van der Waals surface area (Å²) >= 11 is 0. The fourth-order valence-corrected chi connectivity index (χ4v) is 2.43. The lowest BCUT2D eigenvalue weighted by Crippen LogP contribution is -2.01. The Balaban J connectivity index is 2.21. The van der Waals surface area contributed by atoms with Crippen molar-refractivity contribution in [3.8, 4) is 0 Å². The number of carboxylic acid groups (broad SMARTS) is 1. The first-order valence-corrected chi connectivity index (χ1v) is 5.89. The number of oxazole rings is 1. The average Bonchev–Trinajstić information content (AvgIpc) is 2.50. The Morgan fingerprint density at radius 3 is 2.44 bits per heavy atom. The lowest BCUT2D eigenvalue weighted by atomic mass is 9.96. The molecule has 1 aliphatic rings. The van der Waals surface area contributed by atoms with Crippen molar-refractivity contribution in [2.75, 3.05) is 0 Å². The van der Waals surface area contributed by atoms with Gasteiger partial charge in [0.2, 0.25) is 0 Å². The zero-order chi connectivity index (χ0) is 11.5. The van der Waals surface area contributed by atoms with Crippen LogP contribution >= 0.6 is 0 Å². The molecular formula is C12H17NO3. The van der Waals surface area contributed by atoms with Crippen LogP contribution in [-0.2, 0) is 0 Å². The molecular weight excluding hydrogens is 206 g/mol. The Morgan fingerprint density at radius 2 is 1.94 bits per heavy atom. The second-order valence-corrected chi connectivity index (χ2v) is 4.45. The fraction of sp³-hybridized carbons (Fsp3) is 0.667. The number of aromatic carboxylic acids is 1. The van der Waals surface area contributed by atoms with E-state index in [0.717, 1.165) is 18.5 Å². The van der Waals surface area contributed by atoms with E-state index in [9.17, 15) is 4.79 Å². The van der Waals surface area contributed by atoms with Gasteiger partial charge in [-0.25, -0.2) is 9.78 Å². The molecule has 0 saturated heterocycles. The molecule has 0 bridgehead atoms. The molecule has 16 heavy (non-hydrogen) atoms. The van der Waals surface area contributed by atoms with Crippen molar-refractivity contribution in [1.82, 2.24) is 4.98 Å². The summed E-state index contributed by atoms with van der Waals surface area (Å²) in [7, 11) is 0. The number of hydrogen-bond acceptors (Lipinski definition) is 3. The molecule has 1 fully saturated rings. The standard InChI is InChI=1S/C12H17NO3/c1-8-10(13-11(16-8)12(14)15)9-6-4-2-3-5-7-9/h9H,2-7H2,1H3,(H,14,15). The first-order valence-electron chi connectivity index (χ1n) is 5.89. The second kappa shape index (κ2) is 4.68. The maximum absolute atomic E-state index is 10.8. The van der Waals surface area contributed by atoms with Gasteiger partial charge in [-0.2, -0.15) is 0 Å². The second-order valence-electron chi connectivity index (χ2n) is 4.45. The van der Waals surface area contributed by atoms with Crippen molar-refractivity contribution >= 4 is 5.97 Å². The van der Waals surface area contributed by atoms with E-state index in [0.29, 0.717) is 11.7 Å². The van der Waals surface area contributed by atoms with Crippen molar-refractivity contribution < 1.29 is 14.3 Å². The number of rotatable bonds is 2. The van der Waals surface area contributed by atoms with E-state index in [1.807, 2.05) is 0 Å². The van der Waals surface area contributed by atoms with Crippen LogP contribution in [0.3, 0.4) is 0 Å². The third kappa shape index (κ3) is 2.26. The molecule has 0 unspecified atom stereocenters. The molecule has 1 heterocycles. The Hall–Kier alpha value is -1.32. The molecule has 0 atom stereocenters. The van der Waals surface area contributed by atoms with E-state index in [-0.39, 0.29) is 5.89 Å². The largest absolute Gasteiger partial charge is 0.474 e. The number of hydrogen-bond donors (Lipinski definition) is 1. The van der Waals surface area contributed by atoms with Crippen LogP contribution in [0.4, 0.5) is 0 Å². The monoisotopic (exact) mass is 223 g/mol. The molecule has 1 aliphatic carbocycles. The normalized spacial score (nSPS) is 18.3. The molecule has 0 spiro atoms. The summed E-state index contributed by atoms with van der Waals surface area (Å²) in [5.74, 6) is -0.191. The van der Waals surface area contributed by atoms with Gasteiger partial charge >= 0.3 is 11.9 Å². The first kappa shape index (κ1) is 11.2. The van der Waals surface area contributed by atoms with Crippen molar-refractivity contribution in [3.05, 3.63) is 17.3 Å². The molecule has 88 valence electrons. The van der Waals surface area contributed by atoms with Gasteiger partial charge in [0.25, 0.3) is 0 Å². The van der Waals surface area contributed by atoms with Gasteiger partial charge in [-0.15, -0.1) is 0 Å². The maximum atomic E-state index is 10.8. The lowest BCUT2D eigenvalue weighted by molar-refractivity contribution is 0.0652. The van der Waals surface area contributed by atoms with E-state index in [4.69, 9.17) is 9.52 Å². The van der Waals surface area contributed by atoms with Crippen LogP contribution in [0.1, 0.15) is 66.6 Å². The van der Waals surface area contributed by atoms with Crippen LogP contribution in [0.5, 0.6) is 0 Å². The van der Waals surface area contributed by atoms with Crippen molar-refractivity contribution in [1.29, 1.82) is 0 Å². The number of carbonyl (C=O) groups is 1. The molecule has 0 aromatic carbocycles. The van der Waals surface area contributed by atoms with Crippen LogP contribution in [0.15, 0.2) is 4.42 Å². The highest BCUT2D eigenvalue weighted by Gasteiger charge is 2.23. The molecule has 0 aliphatic heterocycles. The quantitative estimate of drug-likeness (QED) is 0.782. The van der Waals surface area contributed by atoms with Crippen LogP contribution in [0.2, 0.25) is 0 Å². The summed E-state index contributed by atoms with van der Waals surface area (Å²) in [6.07, 6.45) is 7.18. The zero-order valence-corrected chi connectivity index (χ0v) is 9.53. The van der Waals surface area contributed by atoms with Crippen molar-refractivity contribution in [2.24, 2.45) is 0 Å². The topological polar surface area (TPSA) is 63.3 Å². The highest BCUT2D eigenvalue weighted by molar-refractivity contribution is 5.82. The van der Waals surface area contributed by atoms with Gasteiger partial charge in [0.15, 0.2) is 0 Å². The van der Waals surface area contributed by atoms with Crippen LogP contribution in [0.25, 0.3) is 0 Å². The number of aromatic nitrogens is 1. The summed E-state index contributed by atoms with van der Waals surface area (Å²) in [6.45, 7) is 1.81. The predicted octanol–water partition coefficient (Wildman–Crippen LogP) is 3.12. The fourth-order valence-electron chi connectivity index (χ4n) is 2.43. The van der Waals surface area contributed by atoms with Crippen molar-refractivity contribution in [2.45, 2.75) is 51.4 Å². The van der Waals surface area contributed by atoms with Crippen molar-refractivity contribution in [3.63, 3.8) is 0 Å². The average molecular weight is 223 g/mol. The van der Waals surface area contributed by atoms with Crippen LogP contribution in [-0.4, -0.2) is 16.1 Å². The predicted molar refractivity (Wildman–Crippen MR) is 58.6 cm³/mol. The zero-order valence-electron chi connectivity index (χ0n) is 9.53. The molecule has 1 aromatic heterocycles. The molecule has 0 amide bonds. The summed E-state index contributed by atoms with van der Waals surface area (Å²) in [4.78, 5) is 14.9. The molecule has 1 N–H and O–H groups in total. The van der Waals surface area contributed by atoms with E-state index in [1.165, 1.54) is 25.7 Å². The summed E-state index contributed by atoms with van der Waals surface area (Å²) in [5.41, 5.74) is 0.860. The minimum Gasteiger partial charge on any atom is -0.474 e. The minimum atomic E-state index is -1.08. The van der Waals surface area contributed by atoms with Gasteiger partial charge < -0.3 is 9.52 Å². The van der Waals surface area contributed by atoms with E-state index in [2.05, 4.69) is 4.98 Å². The van der Waals surface area contributed by atoms with E-state index >= 15 is 0 Å². The smallest absolute Gasteiger partial charge is 0.392 e. The third-order valence-electron chi connectivity index (χ3n) is 3.26. The highest BCUT2D eigenvalue weighted by atomic mass is 16.4. The molecule has 1 aromatic rings. The van der Waals surface area contributed by atoms with Gasteiger partial charge in [0.05, 0.1) is 5.69 Å². The number of aryl methyl sites for hydroxylation is 1. The Kier molecular flexibility index (Phi) is 3.27. The van der Waals surface area contributed by atoms with Gasteiger partial charge in [0.1, 0.15) is 5.76 Å². The minimum absolute atomic E-state index is 0.170. The first-order chi connectivity index (χ1) is 7.68. The molecule has 4 heteroatoms. The third-order valence-corrected chi connectivity index (χ3v) is 3.26. The number of carboxylic acids is 1. The van der Waals surface area contributed by atoms with E-state index in [1.54, 1.807) is 6.92 Å². The molecule has 2 rings (SSSR count). The van der Waals surface area contributed by atoms with Gasteiger partial charge in [-0.1, -0.05) is 25.7 Å². The summed E-state index contributed by atoms with van der Waals surface area (Å²) < 4.78 is 5.16. The Labute approximate surface area is 94.7 Å². The molecule has 1 saturated carbocycles. The number of nitrogens with zero attached hydrogens (tertiary/aromatic N) is 1. The summed E-state index contributed by atoms with van der Waals surface area (Å²) in [5, 5.41) is 8.82. The van der Waals surface area contributed by atoms with Crippen LogP contribution < -0.4 is 0 Å². The van der Waals surface area contributed by atoms with Gasteiger partial charge in [-0.3, -0.25) is 0 Å². The maximum Gasteiger partial charge on any atom is 0.392 e. The highest BCUT2D eigenvalue weighted by Crippen LogP contribution is 2.32. The molecule has 0 radical (unpaired) electrons.